The average molecular weight is 360 g/mol. The van der Waals surface area contributed by atoms with E-state index in [0.717, 1.165) is 11.4 Å². The second kappa shape index (κ2) is 6.83. The van der Waals surface area contributed by atoms with Crippen LogP contribution >= 0.6 is 0 Å². The molecule has 3 aromatic heterocycles. The number of rotatable bonds is 4. The van der Waals surface area contributed by atoms with E-state index in [9.17, 15) is 4.79 Å². The number of anilines is 1. The van der Waals surface area contributed by atoms with Crippen molar-refractivity contribution < 1.29 is 9.53 Å². The Labute approximate surface area is 154 Å². The standard InChI is InChI=1S/C19H16N6O2/c1-11-8-15(17-12(2)24-25-18(17)22-11)19(26)23-13-4-3-5-14(9-13)27-16-10-20-6-7-21-16/h3-10H,1-2H3,(H,23,26)(H,22,24,25). The van der Waals surface area contributed by atoms with E-state index in [1.165, 1.54) is 6.20 Å². The van der Waals surface area contributed by atoms with Crippen molar-refractivity contribution >= 4 is 22.6 Å². The first-order chi connectivity index (χ1) is 13.1. The van der Waals surface area contributed by atoms with E-state index < -0.39 is 0 Å². The first-order valence-electron chi connectivity index (χ1n) is 8.28. The van der Waals surface area contributed by atoms with Crippen LogP contribution in [0.5, 0.6) is 11.6 Å². The molecule has 1 amide bonds. The van der Waals surface area contributed by atoms with Gasteiger partial charge in [0.15, 0.2) is 5.65 Å². The lowest BCUT2D eigenvalue weighted by Crippen LogP contribution is -2.13. The molecule has 0 unspecified atom stereocenters. The molecule has 8 heteroatoms. The van der Waals surface area contributed by atoms with Gasteiger partial charge in [0.2, 0.25) is 5.88 Å². The third-order valence-electron chi connectivity index (χ3n) is 3.93. The van der Waals surface area contributed by atoms with Gasteiger partial charge in [0.1, 0.15) is 5.75 Å². The number of ether oxygens (including phenoxy) is 1. The molecule has 0 radical (unpaired) electrons. The van der Waals surface area contributed by atoms with Gasteiger partial charge in [-0.1, -0.05) is 6.07 Å². The maximum atomic E-state index is 12.9. The number of pyridine rings is 1. The number of benzene rings is 1. The first-order valence-corrected chi connectivity index (χ1v) is 8.28. The summed E-state index contributed by atoms with van der Waals surface area (Å²) in [6, 6.07) is 8.83. The normalized spacial score (nSPS) is 10.7. The van der Waals surface area contributed by atoms with Crippen LogP contribution in [-0.4, -0.2) is 31.1 Å². The highest BCUT2D eigenvalue weighted by Gasteiger charge is 2.16. The summed E-state index contributed by atoms with van der Waals surface area (Å²) in [6.07, 6.45) is 4.63. The molecule has 1 aromatic carbocycles. The van der Waals surface area contributed by atoms with Gasteiger partial charge in [0.25, 0.3) is 5.91 Å². The van der Waals surface area contributed by atoms with E-state index in [4.69, 9.17) is 4.74 Å². The van der Waals surface area contributed by atoms with Gasteiger partial charge in [-0.2, -0.15) is 5.10 Å². The number of hydrogen-bond donors (Lipinski definition) is 2. The van der Waals surface area contributed by atoms with Gasteiger partial charge < -0.3 is 10.1 Å². The third kappa shape index (κ3) is 3.45. The fourth-order valence-electron chi connectivity index (χ4n) is 2.77. The van der Waals surface area contributed by atoms with E-state index >= 15 is 0 Å². The molecule has 0 saturated carbocycles. The summed E-state index contributed by atoms with van der Waals surface area (Å²) in [7, 11) is 0. The lowest BCUT2D eigenvalue weighted by atomic mass is 10.1. The van der Waals surface area contributed by atoms with E-state index in [1.807, 2.05) is 13.8 Å². The molecule has 134 valence electrons. The molecule has 0 bridgehead atoms. The van der Waals surface area contributed by atoms with Gasteiger partial charge in [-0.3, -0.25) is 14.9 Å². The number of carbonyl (C=O) groups is 1. The number of nitrogens with one attached hydrogen (secondary N) is 2. The molecule has 27 heavy (non-hydrogen) atoms. The van der Waals surface area contributed by atoms with E-state index in [1.54, 1.807) is 42.7 Å². The molecule has 0 spiro atoms. The average Bonchev–Trinajstić information content (AvgIpc) is 3.03. The van der Waals surface area contributed by atoms with Gasteiger partial charge in [0.05, 0.1) is 17.1 Å². The lowest BCUT2D eigenvalue weighted by molar-refractivity contribution is 0.102. The highest BCUT2D eigenvalue weighted by atomic mass is 16.5. The van der Waals surface area contributed by atoms with E-state index in [2.05, 4.69) is 30.5 Å². The highest BCUT2D eigenvalue weighted by molar-refractivity contribution is 6.12. The van der Waals surface area contributed by atoms with Crippen LogP contribution in [0.1, 0.15) is 21.7 Å². The van der Waals surface area contributed by atoms with E-state index in [-0.39, 0.29) is 5.91 Å². The predicted octanol–water partition coefficient (Wildman–Crippen LogP) is 3.41. The number of amides is 1. The van der Waals surface area contributed by atoms with Crippen molar-refractivity contribution in [1.29, 1.82) is 0 Å². The van der Waals surface area contributed by atoms with Crippen LogP contribution in [-0.2, 0) is 0 Å². The molecule has 2 N–H and O–H groups in total. The van der Waals surface area contributed by atoms with Crippen molar-refractivity contribution in [2.24, 2.45) is 0 Å². The van der Waals surface area contributed by atoms with Crippen LogP contribution in [0.25, 0.3) is 11.0 Å². The Balaban J connectivity index is 1.60. The van der Waals surface area contributed by atoms with Crippen LogP contribution in [0.2, 0.25) is 0 Å². The number of aromatic nitrogens is 5. The number of fused-ring (bicyclic) bond motifs is 1. The SMILES string of the molecule is Cc1cc(C(=O)Nc2cccc(Oc3cnccn3)c2)c2c(C)[nH]nc2n1. The summed E-state index contributed by atoms with van der Waals surface area (Å²) < 4.78 is 5.65. The minimum Gasteiger partial charge on any atom is -0.437 e. The van der Waals surface area contributed by atoms with Crippen LogP contribution < -0.4 is 10.1 Å². The summed E-state index contributed by atoms with van der Waals surface area (Å²) in [4.78, 5) is 25.2. The maximum Gasteiger partial charge on any atom is 0.256 e. The monoisotopic (exact) mass is 360 g/mol. The molecular formula is C19H16N6O2. The third-order valence-corrected chi connectivity index (χ3v) is 3.93. The Kier molecular flexibility index (Phi) is 4.21. The van der Waals surface area contributed by atoms with Crippen LogP contribution in [0.4, 0.5) is 5.69 Å². The Bertz CT molecular complexity index is 1120. The van der Waals surface area contributed by atoms with Crippen molar-refractivity contribution in [3.63, 3.8) is 0 Å². The highest BCUT2D eigenvalue weighted by Crippen LogP contribution is 2.24. The summed E-state index contributed by atoms with van der Waals surface area (Å²) in [5, 5.41) is 10.6. The number of aromatic amines is 1. The van der Waals surface area contributed by atoms with Crippen molar-refractivity contribution in [1.82, 2.24) is 25.1 Å². The molecule has 0 aliphatic rings. The summed E-state index contributed by atoms with van der Waals surface area (Å²) in [5.41, 5.74) is 3.16. The molecule has 4 aromatic rings. The molecular weight excluding hydrogens is 344 g/mol. The molecule has 4 rings (SSSR count). The fourth-order valence-corrected chi connectivity index (χ4v) is 2.77. The summed E-state index contributed by atoms with van der Waals surface area (Å²) in [6.45, 7) is 3.69. The quantitative estimate of drug-likeness (QED) is 0.578. The molecule has 0 atom stereocenters. The zero-order chi connectivity index (χ0) is 18.8. The predicted molar refractivity (Wildman–Crippen MR) is 99.9 cm³/mol. The van der Waals surface area contributed by atoms with Crippen LogP contribution in [0.3, 0.4) is 0 Å². The number of nitrogens with zero attached hydrogens (tertiary/aromatic N) is 4. The lowest BCUT2D eigenvalue weighted by Gasteiger charge is -2.09. The maximum absolute atomic E-state index is 12.9. The van der Waals surface area contributed by atoms with Crippen molar-refractivity contribution in [2.45, 2.75) is 13.8 Å². The smallest absolute Gasteiger partial charge is 0.256 e. The largest absolute Gasteiger partial charge is 0.437 e. The summed E-state index contributed by atoms with van der Waals surface area (Å²) >= 11 is 0. The molecule has 3 heterocycles. The first kappa shape index (κ1) is 16.6. The Hall–Kier alpha value is -3.81. The van der Waals surface area contributed by atoms with Crippen molar-refractivity contribution in [2.75, 3.05) is 5.32 Å². The second-order valence-electron chi connectivity index (χ2n) is 5.99. The minimum atomic E-state index is -0.244. The van der Waals surface area contributed by atoms with Gasteiger partial charge in [-0.15, -0.1) is 0 Å². The zero-order valence-corrected chi connectivity index (χ0v) is 14.7. The zero-order valence-electron chi connectivity index (χ0n) is 14.7. The molecule has 0 fully saturated rings. The van der Waals surface area contributed by atoms with Crippen molar-refractivity contribution in [3.05, 3.63) is 65.9 Å². The van der Waals surface area contributed by atoms with Gasteiger partial charge >= 0.3 is 0 Å². The van der Waals surface area contributed by atoms with Gasteiger partial charge in [-0.05, 0) is 32.0 Å². The number of hydrogen-bond acceptors (Lipinski definition) is 6. The van der Waals surface area contributed by atoms with Crippen LogP contribution in [0, 0.1) is 13.8 Å². The minimum absolute atomic E-state index is 0.244. The van der Waals surface area contributed by atoms with Crippen molar-refractivity contribution in [3.8, 4) is 11.6 Å². The number of H-pyrrole nitrogens is 1. The molecule has 0 aliphatic carbocycles. The Morgan fingerprint density at radius 3 is 2.89 bits per heavy atom. The molecule has 0 aliphatic heterocycles. The molecule has 8 nitrogen and oxygen atoms in total. The Morgan fingerprint density at radius 1 is 1.19 bits per heavy atom. The van der Waals surface area contributed by atoms with Gasteiger partial charge in [-0.25, -0.2) is 9.97 Å². The van der Waals surface area contributed by atoms with E-state index in [0.29, 0.717) is 33.9 Å². The topological polar surface area (TPSA) is 106 Å². The van der Waals surface area contributed by atoms with Crippen LogP contribution in [0.15, 0.2) is 48.9 Å². The Morgan fingerprint density at radius 2 is 2.07 bits per heavy atom. The second-order valence-corrected chi connectivity index (χ2v) is 5.99. The fraction of sp³-hybridized carbons (Fsp3) is 0.105. The van der Waals surface area contributed by atoms with Gasteiger partial charge in [0, 0.05) is 35.5 Å². The number of carbonyl (C=O) groups excluding carboxylic acids is 1. The summed E-state index contributed by atoms with van der Waals surface area (Å²) in [5.74, 6) is 0.678. The molecule has 0 saturated heterocycles. The number of aryl methyl sites for hydroxylation is 2.